The lowest BCUT2D eigenvalue weighted by Gasteiger charge is -2.22. The van der Waals surface area contributed by atoms with Crippen molar-refractivity contribution in [3.05, 3.63) is 65.2 Å². The first-order chi connectivity index (χ1) is 11.9. The lowest BCUT2D eigenvalue weighted by atomic mass is 10.1. The summed E-state index contributed by atoms with van der Waals surface area (Å²) in [5.41, 5.74) is 1.64. The molecule has 6 heteroatoms. The van der Waals surface area contributed by atoms with Gasteiger partial charge in [0, 0.05) is 26.4 Å². The van der Waals surface area contributed by atoms with Crippen molar-refractivity contribution in [2.24, 2.45) is 0 Å². The minimum atomic E-state index is -0.838. The molecule has 0 heterocycles. The number of nitrogens with one attached hydrogen (secondary N) is 1. The Kier molecular flexibility index (Phi) is 6.22. The molecular formula is C19H20F2N2O2. The Bertz CT molecular complexity index is 740. The standard InChI is InChI=1S/C19H20F2N2O2/c1-13-6-8-15(9-7-13)12-22-18(25)10-11-23(14(2)24)19-16(20)4-3-5-17(19)21/h3-9H,10-12H2,1-2H3,(H,22,25). The van der Waals surface area contributed by atoms with Crippen LogP contribution in [0.2, 0.25) is 0 Å². The van der Waals surface area contributed by atoms with Crippen LogP contribution in [-0.2, 0) is 16.1 Å². The predicted molar refractivity (Wildman–Crippen MR) is 92.0 cm³/mol. The molecule has 132 valence electrons. The zero-order valence-corrected chi connectivity index (χ0v) is 14.2. The minimum Gasteiger partial charge on any atom is -0.352 e. The largest absolute Gasteiger partial charge is 0.352 e. The molecule has 0 bridgehead atoms. The van der Waals surface area contributed by atoms with Crippen LogP contribution in [0.3, 0.4) is 0 Å². The van der Waals surface area contributed by atoms with Gasteiger partial charge in [0.1, 0.15) is 17.3 Å². The Labute approximate surface area is 145 Å². The topological polar surface area (TPSA) is 49.4 Å². The van der Waals surface area contributed by atoms with Gasteiger partial charge in [0.05, 0.1) is 0 Å². The maximum absolute atomic E-state index is 13.9. The van der Waals surface area contributed by atoms with Crippen LogP contribution >= 0.6 is 0 Å². The molecule has 0 aromatic heterocycles. The number of halogens is 2. The van der Waals surface area contributed by atoms with Crippen LogP contribution in [0.1, 0.15) is 24.5 Å². The van der Waals surface area contributed by atoms with E-state index in [-0.39, 0.29) is 18.9 Å². The van der Waals surface area contributed by atoms with Crippen LogP contribution in [0.15, 0.2) is 42.5 Å². The highest BCUT2D eigenvalue weighted by Crippen LogP contribution is 2.23. The zero-order valence-electron chi connectivity index (χ0n) is 14.2. The number of carbonyl (C=O) groups is 2. The van der Waals surface area contributed by atoms with Gasteiger partial charge in [-0.1, -0.05) is 35.9 Å². The molecule has 2 aromatic carbocycles. The summed E-state index contributed by atoms with van der Waals surface area (Å²) in [5, 5.41) is 2.73. The van der Waals surface area contributed by atoms with Gasteiger partial charge in [0.15, 0.2) is 0 Å². The Morgan fingerprint density at radius 1 is 1.04 bits per heavy atom. The molecule has 0 aliphatic heterocycles. The van der Waals surface area contributed by atoms with Gasteiger partial charge in [0.25, 0.3) is 0 Å². The van der Waals surface area contributed by atoms with Crippen molar-refractivity contribution in [1.29, 1.82) is 0 Å². The van der Waals surface area contributed by atoms with E-state index >= 15 is 0 Å². The molecule has 0 atom stereocenters. The van der Waals surface area contributed by atoms with E-state index in [1.54, 1.807) is 0 Å². The Morgan fingerprint density at radius 3 is 2.20 bits per heavy atom. The van der Waals surface area contributed by atoms with Crippen molar-refractivity contribution in [2.45, 2.75) is 26.8 Å². The number of hydrogen-bond donors (Lipinski definition) is 1. The third-order valence-electron chi connectivity index (χ3n) is 3.76. The summed E-state index contributed by atoms with van der Waals surface area (Å²) in [6.45, 7) is 3.43. The van der Waals surface area contributed by atoms with Crippen LogP contribution in [0.5, 0.6) is 0 Å². The number of anilines is 1. The summed E-state index contributed by atoms with van der Waals surface area (Å²) in [5.74, 6) is -2.51. The van der Waals surface area contributed by atoms with E-state index in [0.717, 1.165) is 28.2 Å². The summed E-state index contributed by atoms with van der Waals surface area (Å²) in [6.07, 6.45) is -0.0563. The molecule has 0 aliphatic rings. The van der Waals surface area contributed by atoms with E-state index in [1.165, 1.54) is 13.0 Å². The molecule has 25 heavy (non-hydrogen) atoms. The van der Waals surface area contributed by atoms with Gasteiger partial charge < -0.3 is 10.2 Å². The second kappa shape index (κ2) is 8.37. The second-order valence-corrected chi connectivity index (χ2v) is 5.75. The fourth-order valence-electron chi connectivity index (χ4n) is 2.38. The normalized spacial score (nSPS) is 10.4. The van der Waals surface area contributed by atoms with Gasteiger partial charge in [-0.2, -0.15) is 0 Å². The summed E-state index contributed by atoms with van der Waals surface area (Å²) in [6, 6.07) is 11.1. The summed E-state index contributed by atoms with van der Waals surface area (Å²) in [4.78, 5) is 24.6. The van der Waals surface area contributed by atoms with Gasteiger partial charge in [-0.15, -0.1) is 0 Å². The van der Waals surface area contributed by atoms with Crippen LogP contribution in [-0.4, -0.2) is 18.4 Å². The average molecular weight is 346 g/mol. The first kappa shape index (κ1) is 18.6. The lowest BCUT2D eigenvalue weighted by Crippen LogP contribution is -2.34. The molecule has 0 aliphatic carbocycles. The highest BCUT2D eigenvalue weighted by molar-refractivity contribution is 5.92. The number of carbonyl (C=O) groups excluding carboxylic acids is 2. The zero-order chi connectivity index (χ0) is 18.4. The Morgan fingerprint density at radius 2 is 1.64 bits per heavy atom. The van der Waals surface area contributed by atoms with Gasteiger partial charge in [0.2, 0.25) is 11.8 Å². The van der Waals surface area contributed by atoms with Crippen molar-refractivity contribution in [1.82, 2.24) is 5.32 Å². The number of aryl methyl sites for hydroxylation is 1. The van der Waals surface area contributed by atoms with Crippen molar-refractivity contribution in [2.75, 3.05) is 11.4 Å². The molecule has 1 N–H and O–H groups in total. The van der Waals surface area contributed by atoms with Crippen LogP contribution in [0.4, 0.5) is 14.5 Å². The number of rotatable bonds is 6. The molecule has 0 radical (unpaired) electrons. The van der Waals surface area contributed by atoms with Gasteiger partial charge in [-0.3, -0.25) is 9.59 Å². The SMILES string of the molecule is CC(=O)N(CCC(=O)NCc1ccc(C)cc1)c1c(F)cccc1F. The number of benzene rings is 2. The molecule has 2 rings (SSSR count). The first-order valence-corrected chi connectivity index (χ1v) is 7.93. The molecule has 0 fully saturated rings. The first-order valence-electron chi connectivity index (χ1n) is 7.93. The third-order valence-corrected chi connectivity index (χ3v) is 3.76. The predicted octanol–water partition coefficient (Wildman–Crippen LogP) is 3.33. The molecule has 4 nitrogen and oxygen atoms in total. The smallest absolute Gasteiger partial charge is 0.224 e. The summed E-state index contributed by atoms with van der Waals surface area (Å²) < 4.78 is 27.7. The molecule has 0 saturated heterocycles. The van der Waals surface area contributed by atoms with E-state index in [1.807, 2.05) is 31.2 Å². The fourth-order valence-corrected chi connectivity index (χ4v) is 2.38. The van der Waals surface area contributed by atoms with Gasteiger partial charge >= 0.3 is 0 Å². The maximum Gasteiger partial charge on any atom is 0.224 e. The molecule has 2 amide bonds. The third kappa shape index (κ3) is 5.11. The van der Waals surface area contributed by atoms with E-state index in [0.29, 0.717) is 6.54 Å². The van der Waals surface area contributed by atoms with Gasteiger partial charge in [-0.25, -0.2) is 8.78 Å². The van der Waals surface area contributed by atoms with Crippen LogP contribution < -0.4 is 10.2 Å². The molecule has 0 spiro atoms. The lowest BCUT2D eigenvalue weighted by molar-refractivity contribution is -0.121. The molecule has 2 aromatic rings. The van der Waals surface area contributed by atoms with E-state index in [2.05, 4.69) is 5.32 Å². The number of amides is 2. The average Bonchev–Trinajstić information content (AvgIpc) is 2.56. The van der Waals surface area contributed by atoms with Crippen LogP contribution in [0, 0.1) is 18.6 Å². The van der Waals surface area contributed by atoms with Crippen LogP contribution in [0.25, 0.3) is 0 Å². The summed E-state index contributed by atoms with van der Waals surface area (Å²) >= 11 is 0. The Hall–Kier alpha value is -2.76. The second-order valence-electron chi connectivity index (χ2n) is 5.75. The van der Waals surface area contributed by atoms with E-state index < -0.39 is 23.2 Å². The van der Waals surface area contributed by atoms with Crippen molar-refractivity contribution < 1.29 is 18.4 Å². The number of nitrogens with zero attached hydrogens (tertiary/aromatic N) is 1. The van der Waals surface area contributed by atoms with E-state index in [4.69, 9.17) is 0 Å². The highest BCUT2D eigenvalue weighted by atomic mass is 19.1. The Balaban J connectivity index is 1.96. The van der Waals surface area contributed by atoms with E-state index in [9.17, 15) is 18.4 Å². The summed E-state index contributed by atoms with van der Waals surface area (Å²) in [7, 11) is 0. The quantitative estimate of drug-likeness (QED) is 0.872. The highest BCUT2D eigenvalue weighted by Gasteiger charge is 2.20. The fraction of sp³-hybridized carbons (Fsp3) is 0.263. The molecule has 0 unspecified atom stereocenters. The van der Waals surface area contributed by atoms with Crippen molar-refractivity contribution in [3.8, 4) is 0 Å². The monoisotopic (exact) mass is 346 g/mol. The van der Waals surface area contributed by atoms with Crippen molar-refractivity contribution in [3.63, 3.8) is 0 Å². The maximum atomic E-state index is 13.9. The number of para-hydroxylation sites is 1. The number of hydrogen-bond acceptors (Lipinski definition) is 2. The van der Waals surface area contributed by atoms with Gasteiger partial charge in [-0.05, 0) is 24.6 Å². The minimum absolute atomic E-state index is 0.0563. The molecular weight excluding hydrogens is 326 g/mol. The molecule has 0 saturated carbocycles. The van der Waals surface area contributed by atoms with Crippen molar-refractivity contribution >= 4 is 17.5 Å².